The third-order valence-corrected chi connectivity index (χ3v) is 3.94. The van der Waals surface area contributed by atoms with Crippen LogP contribution in [0.5, 0.6) is 0 Å². The van der Waals surface area contributed by atoms with Gasteiger partial charge >= 0.3 is 0 Å². The Morgan fingerprint density at radius 1 is 1.38 bits per heavy atom. The summed E-state index contributed by atoms with van der Waals surface area (Å²) in [4.78, 5) is 4.88. The number of H-pyrrole nitrogens is 1. The van der Waals surface area contributed by atoms with Gasteiger partial charge in [-0.15, -0.1) is 16.9 Å². The number of aromatic amines is 1. The predicted octanol–water partition coefficient (Wildman–Crippen LogP) is 2.24. The number of halogens is 1. The SMILES string of the molecule is N#Cc1cc(F)ccc1CSc1cc(N)nc2[nH]nnc12. The van der Waals surface area contributed by atoms with Gasteiger partial charge in [0.15, 0.2) is 5.65 Å². The minimum atomic E-state index is -0.424. The number of aromatic nitrogens is 4. The molecule has 6 nitrogen and oxygen atoms in total. The minimum Gasteiger partial charge on any atom is -0.384 e. The van der Waals surface area contributed by atoms with Crippen molar-refractivity contribution in [2.45, 2.75) is 10.6 Å². The molecule has 0 unspecified atom stereocenters. The fourth-order valence-electron chi connectivity index (χ4n) is 1.87. The number of nitrogens with one attached hydrogen (secondary N) is 1. The molecule has 0 aliphatic heterocycles. The molecule has 21 heavy (non-hydrogen) atoms. The molecule has 1 aromatic carbocycles. The van der Waals surface area contributed by atoms with Crippen LogP contribution in [0.2, 0.25) is 0 Å². The predicted molar refractivity (Wildman–Crippen MR) is 76.8 cm³/mol. The van der Waals surface area contributed by atoms with Crippen molar-refractivity contribution in [1.82, 2.24) is 20.4 Å². The number of fused-ring (bicyclic) bond motifs is 1. The van der Waals surface area contributed by atoms with Gasteiger partial charge in [-0.2, -0.15) is 5.26 Å². The summed E-state index contributed by atoms with van der Waals surface area (Å²) in [5, 5.41) is 19.4. The maximum Gasteiger partial charge on any atom is 0.179 e. The van der Waals surface area contributed by atoms with Gasteiger partial charge in [0.2, 0.25) is 0 Å². The van der Waals surface area contributed by atoms with Gasteiger partial charge in [-0.25, -0.2) is 14.5 Å². The van der Waals surface area contributed by atoms with Crippen LogP contribution in [0.4, 0.5) is 10.2 Å². The van der Waals surface area contributed by atoms with Crippen LogP contribution in [0.3, 0.4) is 0 Å². The molecular weight excluding hydrogens is 291 g/mol. The van der Waals surface area contributed by atoms with Gasteiger partial charge in [0.25, 0.3) is 0 Å². The first-order valence-electron chi connectivity index (χ1n) is 5.96. The summed E-state index contributed by atoms with van der Waals surface area (Å²) in [5.41, 5.74) is 7.92. The van der Waals surface area contributed by atoms with E-state index in [4.69, 9.17) is 11.0 Å². The van der Waals surface area contributed by atoms with Crippen molar-refractivity contribution >= 4 is 28.7 Å². The third-order valence-electron chi connectivity index (χ3n) is 2.86. The Morgan fingerprint density at radius 3 is 3.05 bits per heavy atom. The number of benzene rings is 1. The van der Waals surface area contributed by atoms with Crippen molar-refractivity contribution in [2.75, 3.05) is 5.73 Å². The maximum absolute atomic E-state index is 13.1. The lowest BCUT2D eigenvalue weighted by Gasteiger charge is -2.05. The summed E-state index contributed by atoms with van der Waals surface area (Å²) in [6.45, 7) is 0. The maximum atomic E-state index is 13.1. The van der Waals surface area contributed by atoms with Crippen LogP contribution in [-0.2, 0) is 5.75 Å². The average molecular weight is 300 g/mol. The summed E-state index contributed by atoms with van der Waals surface area (Å²) in [6.07, 6.45) is 0. The molecule has 0 saturated heterocycles. The van der Waals surface area contributed by atoms with E-state index in [9.17, 15) is 4.39 Å². The Hall–Kier alpha value is -2.66. The second-order valence-electron chi connectivity index (χ2n) is 4.26. The molecule has 0 atom stereocenters. The topological polar surface area (TPSA) is 104 Å². The largest absolute Gasteiger partial charge is 0.384 e. The molecule has 0 fully saturated rings. The van der Waals surface area contributed by atoms with Crippen molar-refractivity contribution in [3.05, 3.63) is 41.2 Å². The highest BCUT2D eigenvalue weighted by atomic mass is 32.2. The quantitative estimate of drug-likeness (QED) is 0.719. The van der Waals surface area contributed by atoms with E-state index < -0.39 is 5.82 Å². The Bertz CT molecular complexity index is 853. The lowest BCUT2D eigenvalue weighted by atomic mass is 10.1. The standard InChI is InChI=1S/C13H9FN6S/c14-9-2-1-7(8(3-9)5-15)6-21-10-4-11(16)17-13-12(10)18-20-19-13/h1-4H,6H2,(H3,16,17,18,19,20). The molecular formula is C13H9FN6S. The molecule has 3 N–H and O–H groups in total. The molecule has 0 bridgehead atoms. The number of nitrogens with zero attached hydrogens (tertiary/aromatic N) is 4. The highest BCUT2D eigenvalue weighted by Gasteiger charge is 2.10. The Morgan fingerprint density at radius 2 is 2.24 bits per heavy atom. The third kappa shape index (κ3) is 2.64. The molecule has 0 aliphatic rings. The van der Waals surface area contributed by atoms with Gasteiger partial charge in [-0.05, 0) is 23.8 Å². The summed E-state index contributed by atoms with van der Waals surface area (Å²) in [5.74, 6) is 0.428. The van der Waals surface area contributed by atoms with E-state index in [1.165, 1.54) is 23.9 Å². The number of nitrogen functional groups attached to an aromatic ring is 1. The zero-order valence-electron chi connectivity index (χ0n) is 10.7. The van der Waals surface area contributed by atoms with Gasteiger partial charge in [0.1, 0.15) is 17.2 Å². The van der Waals surface area contributed by atoms with Crippen LogP contribution in [-0.4, -0.2) is 20.4 Å². The van der Waals surface area contributed by atoms with E-state index in [1.807, 2.05) is 6.07 Å². The minimum absolute atomic E-state index is 0.320. The van der Waals surface area contributed by atoms with E-state index in [-0.39, 0.29) is 0 Å². The van der Waals surface area contributed by atoms with E-state index in [1.54, 1.807) is 12.1 Å². The highest BCUT2D eigenvalue weighted by molar-refractivity contribution is 7.98. The number of nitriles is 1. The van der Waals surface area contributed by atoms with Crippen LogP contribution in [0, 0.1) is 17.1 Å². The lowest BCUT2D eigenvalue weighted by Crippen LogP contribution is -1.93. The number of anilines is 1. The average Bonchev–Trinajstić information content (AvgIpc) is 2.93. The van der Waals surface area contributed by atoms with Gasteiger partial charge in [0, 0.05) is 10.6 Å². The molecule has 0 saturated carbocycles. The van der Waals surface area contributed by atoms with Crippen LogP contribution < -0.4 is 5.73 Å². The highest BCUT2D eigenvalue weighted by Crippen LogP contribution is 2.30. The summed E-state index contributed by atoms with van der Waals surface area (Å²) in [6, 6.07) is 7.86. The van der Waals surface area contributed by atoms with E-state index in [2.05, 4.69) is 20.4 Å². The van der Waals surface area contributed by atoms with Gasteiger partial charge in [0.05, 0.1) is 11.6 Å². The monoisotopic (exact) mass is 300 g/mol. The molecule has 104 valence electrons. The molecule has 0 amide bonds. The number of hydrogen-bond donors (Lipinski definition) is 2. The first-order chi connectivity index (χ1) is 10.2. The molecule has 0 spiro atoms. The van der Waals surface area contributed by atoms with Crippen LogP contribution in [0.25, 0.3) is 11.2 Å². The molecule has 2 aromatic heterocycles. The van der Waals surface area contributed by atoms with Gasteiger partial charge < -0.3 is 5.73 Å². The Kier molecular flexibility index (Phi) is 3.41. The van der Waals surface area contributed by atoms with Crippen molar-refractivity contribution < 1.29 is 4.39 Å². The second kappa shape index (κ2) is 5.38. The van der Waals surface area contributed by atoms with E-state index in [0.717, 1.165) is 10.5 Å². The van der Waals surface area contributed by atoms with Crippen molar-refractivity contribution in [3.8, 4) is 6.07 Å². The zero-order chi connectivity index (χ0) is 14.8. The molecule has 3 aromatic rings. The molecule has 0 aliphatic carbocycles. The van der Waals surface area contributed by atoms with Crippen molar-refractivity contribution in [2.24, 2.45) is 0 Å². The first kappa shape index (κ1) is 13.3. The fourth-order valence-corrected chi connectivity index (χ4v) is 2.92. The number of hydrogen-bond acceptors (Lipinski definition) is 6. The summed E-state index contributed by atoms with van der Waals surface area (Å²) >= 11 is 1.44. The first-order valence-corrected chi connectivity index (χ1v) is 6.94. The summed E-state index contributed by atoms with van der Waals surface area (Å²) in [7, 11) is 0. The van der Waals surface area contributed by atoms with Crippen molar-refractivity contribution in [1.29, 1.82) is 5.26 Å². The molecule has 0 radical (unpaired) electrons. The van der Waals surface area contributed by atoms with Gasteiger partial charge in [-0.3, -0.25) is 0 Å². The molecule has 3 rings (SSSR count). The van der Waals surface area contributed by atoms with E-state index in [0.29, 0.717) is 28.3 Å². The van der Waals surface area contributed by atoms with Gasteiger partial charge in [-0.1, -0.05) is 11.3 Å². The normalized spacial score (nSPS) is 10.7. The summed E-state index contributed by atoms with van der Waals surface area (Å²) < 4.78 is 13.1. The lowest BCUT2D eigenvalue weighted by molar-refractivity contribution is 0.627. The van der Waals surface area contributed by atoms with Crippen molar-refractivity contribution in [3.63, 3.8) is 0 Å². The Balaban J connectivity index is 1.90. The van der Waals surface area contributed by atoms with Crippen LogP contribution >= 0.6 is 11.8 Å². The van der Waals surface area contributed by atoms with Crippen LogP contribution in [0.1, 0.15) is 11.1 Å². The molecule has 2 heterocycles. The smallest absolute Gasteiger partial charge is 0.179 e. The van der Waals surface area contributed by atoms with E-state index >= 15 is 0 Å². The Labute approximate surface area is 123 Å². The fraction of sp³-hybridized carbons (Fsp3) is 0.0769. The number of nitrogens with two attached hydrogens (primary N) is 1. The number of pyridine rings is 1. The van der Waals surface area contributed by atoms with Crippen LogP contribution in [0.15, 0.2) is 29.2 Å². The number of thioether (sulfide) groups is 1. The second-order valence-corrected chi connectivity index (χ2v) is 5.27. The zero-order valence-corrected chi connectivity index (χ0v) is 11.5. The molecule has 8 heteroatoms. The number of rotatable bonds is 3.